The van der Waals surface area contributed by atoms with Crippen molar-refractivity contribution >= 4 is 23.2 Å². The fraction of sp³-hybridized carbons (Fsp3) is 0.143. The van der Waals surface area contributed by atoms with Gasteiger partial charge in [-0.05, 0) is 35.4 Å². The summed E-state index contributed by atoms with van der Waals surface area (Å²) >= 11 is 11.6. The number of ether oxygens (including phenoxy) is 1. The smallest absolute Gasteiger partial charge is 0.406 e. The summed E-state index contributed by atoms with van der Waals surface area (Å²) in [6.45, 7) is 0. The number of hydrogen-bond donors (Lipinski definition) is 1. The van der Waals surface area contributed by atoms with Gasteiger partial charge < -0.3 is 9.84 Å². The third-order valence-corrected chi connectivity index (χ3v) is 3.41. The highest BCUT2D eigenvalue weighted by molar-refractivity contribution is 6.42. The monoisotopic (exact) mass is 336 g/mol. The van der Waals surface area contributed by atoms with E-state index in [0.717, 1.165) is 12.1 Å². The number of benzene rings is 2. The second kappa shape index (κ2) is 6.13. The van der Waals surface area contributed by atoms with E-state index in [4.69, 9.17) is 23.2 Å². The Morgan fingerprint density at radius 1 is 0.952 bits per heavy atom. The fourth-order valence-electron chi connectivity index (χ4n) is 1.76. The fourth-order valence-corrected chi connectivity index (χ4v) is 2.06. The zero-order valence-electron chi connectivity index (χ0n) is 10.4. The third-order valence-electron chi connectivity index (χ3n) is 2.67. The van der Waals surface area contributed by atoms with Crippen LogP contribution < -0.4 is 4.74 Å². The molecule has 112 valence electrons. The number of halogens is 5. The normalized spacial score (nSPS) is 13.0. The SMILES string of the molecule is OC(c1cccc(OC(F)(F)F)c1)c1ccc(Cl)c(Cl)c1. The highest BCUT2D eigenvalue weighted by Gasteiger charge is 2.31. The molecule has 1 N–H and O–H groups in total. The second-order valence-corrected chi connectivity index (χ2v) is 5.01. The minimum absolute atomic E-state index is 0.245. The van der Waals surface area contributed by atoms with Crippen molar-refractivity contribution in [2.45, 2.75) is 12.5 Å². The molecule has 1 unspecified atom stereocenters. The highest BCUT2D eigenvalue weighted by Crippen LogP contribution is 2.31. The van der Waals surface area contributed by atoms with Crippen molar-refractivity contribution in [2.75, 3.05) is 0 Å². The maximum absolute atomic E-state index is 12.2. The maximum Gasteiger partial charge on any atom is 0.573 e. The van der Waals surface area contributed by atoms with E-state index >= 15 is 0 Å². The van der Waals surface area contributed by atoms with Gasteiger partial charge in [0.2, 0.25) is 0 Å². The molecule has 0 amide bonds. The van der Waals surface area contributed by atoms with Crippen molar-refractivity contribution < 1.29 is 23.0 Å². The maximum atomic E-state index is 12.2. The van der Waals surface area contributed by atoms with E-state index in [0.29, 0.717) is 10.6 Å². The zero-order valence-corrected chi connectivity index (χ0v) is 11.9. The Labute approximate surface area is 128 Å². The van der Waals surface area contributed by atoms with Crippen LogP contribution >= 0.6 is 23.2 Å². The minimum atomic E-state index is -4.78. The van der Waals surface area contributed by atoms with Gasteiger partial charge in [-0.1, -0.05) is 41.4 Å². The van der Waals surface area contributed by atoms with Gasteiger partial charge >= 0.3 is 6.36 Å². The molecule has 0 saturated carbocycles. The van der Waals surface area contributed by atoms with Crippen LogP contribution in [0.5, 0.6) is 5.75 Å². The van der Waals surface area contributed by atoms with Gasteiger partial charge in [0.05, 0.1) is 10.0 Å². The molecule has 2 rings (SSSR count). The van der Waals surface area contributed by atoms with E-state index in [1.807, 2.05) is 0 Å². The minimum Gasteiger partial charge on any atom is -0.406 e. The van der Waals surface area contributed by atoms with Gasteiger partial charge in [0.15, 0.2) is 0 Å². The summed E-state index contributed by atoms with van der Waals surface area (Å²) in [4.78, 5) is 0. The molecule has 0 heterocycles. The van der Waals surface area contributed by atoms with Crippen molar-refractivity contribution in [3.63, 3.8) is 0 Å². The van der Waals surface area contributed by atoms with Crippen LogP contribution in [0.25, 0.3) is 0 Å². The Bertz CT molecular complexity index is 644. The summed E-state index contributed by atoms with van der Waals surface area (Å²) in [7, 11) is 0. The molecular formula is C14H9Cl2F3O2. The topological polar surface area (TPSA) is 29.5 Å². The van der Waals surface area contributed by atoms with E-state index < -0.39 is 18.2 Å². The molecule has 0 saturated heterocycles. The molecule has 0 radical (unpaired) electrons. The van der Waals surface area contributed by atoms with E-state index in [-0.39, 0.29) is 10.6 Å². The Morgan fingerprint density at radius 3 is 2.24 bits per heavy atom. The van der Waals surface area contributed by atoms with E-state index in [9.17, 15) is 18.3 Å². The molecule has 0 aliphatic carbocycles. The molecule has 2 aromatic carbocycles. The average Bonchev–Trinajstić information content (AvgIpc) is 2.39. The molecular weight excluding hydrogens is 328 g/mol. The second-order valence-electron chi connectivity index (χ2n) is 4.20. The number of aliphatic hydroxyl groups is 1. The number of aliphatic hydroxyl groups excluding tert-OH is 1. The molecule has 0 spiro atoms. The highest BCUT2D eigenvalue weighted by atomic mass is 35.5. The van der Waals surface area contributed by atoms with Gasteiger partial charge in [0.1, 0.15) is 11.9 Å². The molecule has 0 aromatic heterocycles. The van der Waals surface area contributed by atoms with E-state index in [1.165, 1.54) is 30.3 Å². The largest absolute Gasteiger partial charge is 0.573 e. The summed E-state index contributed by atoms with van der Waals surface area (Å²) in [6.07, 6.45) is -5.93. The molecule has 21 heavy (non-hydrogen) atoms. The first-order chi connectivity index (χ1) is 9.76. The molecule has 0 bridgehead atoms. The summed E-state index contributed by atoms with van der Waals surface area (Å²) in [5.74, 6) is -0.404. The van der Waals surface area contributed by atoms with Crippen LogP contribution in [0.4, 0.5) is 13.2 Å². The average molecular weight is 337 g/mol. The Hall–Kier alpha value is -1.43. The lowest BCUT2D eigenvalue weighted by Crippen LogP contribution is -2.17. The van der Waals surface area contributed by atoms with E-state index in [2.05, 4.69) is 4.74 Å². The van der Waals surface area contributed by atoms with Crippen molar-refractivity contribution in [2.24, 2.45) is 0 Å². The standard InChI is InChI=1S/C14H9Cl2F3O2/c15-11-5-4-9(7-12(11)16)13(20)8-2-1-3-10(6-8)21-14(17,18)19/h1-7,13,20H. The van der Waals surface area contributed by atoms with Crippen molar-refractivity contribution in [3.8, 4) is 5.75 Å². The van der Waals surface area contributed by atoms with Crippen LogP contribution in [0.15, 0.2) is 42.5 Å². The lowest BCUT2D eigenvalue weighted by atomic mass is 10.0. The Kier molecular flexibility index (Phi) is 4.66. The van der Waals surface area contributed by atoms with Crippen molar-refractivity contribution in [3.05, 3.63) is 63.6 Å². The van der Waals surface area contributed by atoms with Crippen LogP contribution in [0, 0.1) is 0 Å². The summed E-state index contributed by atoms with van der Waals surface area (Å²) in [5, 5.41) is 10.8. The van der Waals surface area contributed by atoms with Gasteiger partial charge in [0.25, 0.3) is 0 Å². The first-order valence-corrected chi connectivity index (χ1v) is 6.50. The van der Waals surface area contributed by atoms with Crippen molar-refractivity contribution in [1.82, 2.24) is 0 Å². The summed E-state index contributed by atoms with van der Waals surface area (Å²) < 4.78 is 40.3. The number of hydrogen-bond acceptors (Lipinski definition) is 2. The van der Waals surface area contributed by atoms with Gasteiger partial charge in [-0.15, -0.1) is 13.2 Å². The number of alkyl halides is 3. The molecule has 7 heteroatoms. The predicted molar refractivity (Wildman–Crippen MR) is 73.6 cm³/mol. The lowest BCUT2D eigenvalue weighted by molar-refractivity contribution is -0.274. The van der Waals surface area contributed by atoms with Gasteiger partial charge in [0, 0.05) is 0 Å². The third kappa shape index (κ3) is 4.27. The van der Waals surface area contributed by atoms with Crippen LogP contribution in [-0.4, -0.2) is 11.5 Å². The van der Waals surface area contributed by atoms with Crippen molar-refractivity contribution in [1.29, 1.82) is 0 Å². The summed E-state index contributed by atoms with van der Waals surface area (Å²) in [5.41, 5.74) is 0.656. The Morgan fingerprint density at radius 2 is 1.62 bits per heavy atom. The number of rotatable bonds is 3. The van der Waals surface area contributed by atoms with Crippen LogP contribution in [0.3, 0.4) is 0 Å². The first kappa shape index (κ1) is 15.9. The quantitative estimate of drug-likeness (QED) is 0.857. The van der Waals surface area contributed by atoms with E-state index in [1.54, 1.807) is 0 Å². The van der Waals surface area contributed by atoms with Crippen LogP contribution in [0.1, 0.15) is 17.2 Å². The predicted octanol–water partition coefficient (Wildman–Crippen LogP) is 4.97. The summed E-state index contributed by atoms with van der Waals surface area (Å²) in [6, 6.07) is 9.59. The molecule has 0 fully saturated rings. The molecule has 1 atom stereocenters. The molecule has 0 aliphatic rings. The van der Waals surface area contributed by atoms with Crippen LogP contribution in [0.2, 0.25) is 10.0 Å². The zero-order chi connectivity index (χ0) is 15.6. The molecule has 2 aromatic rings. The van der Waals surface area contributed by atoms with Gasteiger partial charge in [-0.25, -0.2) is 0 Å². The van der Waals surface area contributed by atoms with Gasteiger partial charge in [-0.2, -0.15) is 0 Å². The Balaban J connectivity index is 2.28. The van der Waals surface area contributed by atoms with Crippen LogP contribution in [-0.2, 0) is 0 Å². The lowest BCUT2D eigenvalue weighted by Gasteiger charge is -2.14. The first-order valence-electron chi connectivity index (χ1n) is 5.75. The molecule has 0 aliphatic heterocycles. The molecule has 2 nitrogen and oxygen atoms in total. The van der Waals surface area contributed by atoms with Gasteiger partial charge in [-0.3, -0.25) is 0 Å².